The minimum absolute atomic E-state index is 1.12. The zero-order valence-corrected chi connectivity index (χ0v) is 11.3. The molecule has 0 heterocycles. The van der Waals surface area contributed by atoms with Crippen molar-refractivity contribution >= 4 is 6.08 Å². The van der Waals surface area contributed by atoms with Gasteiger partial charge in [0.25, 0.3) is 0 Å². The maximum absolute atomic E-state index is 2.26. The number of hydrogen-bond donors (Lipinski definition) is 0. The van der Waals surface area contributed by atoms with E-state index in [0.717, 1.165) is 6.42 Å². The summed E-state index contributed by atoms with van der Waals surface area (Å²) in [5.74, 6) is 0. The Labute approximate surface area is 115 Å². The van der Waals surface area contributed by atoms with Crippen LogP contribution in [0.3, 0.4) is 0 Å². The van der Waals surface area contributed by atoms with Crippen molar-refractivity contribution < 1.29 is 0 Å². The Morgan fingerprint density at radius 2 is 1.21 bits per heavy atom. The van der Waals surface area contributed by atoms with Gasteiger partial charge in [0.05, 0.1) is 0 Å². The molecule has 0 heteroatoms. The molecule has 0 fully saturated rings. The summed E-state index contributed by atoms with van der Waals surface area (Å²) in [4.78, 5) is 0. The first kappa shape index (κ1) is 12.2. The largest absolute Gasteiger partial charge is 0.0795 e. The molecule has 0 atom stereocenters. The van der Waals surface area contributed by atoms with E-state index in [0.29, 0.717) is 0 Å². The van der Waals surface area contributed by atoms with Gasteiger partial charge in [0.1, 0.15) is 0 Å². The van der Waals surface area contributed by atoms with Crippen LogP contribution in [0.15, 0.2) is 54.6 Å². The van der Waals surface area contributed by atoms with Crippen LogP contribution in [0, 0.1) is 0 Å². The van der Waals surface area contributed by atoms with Gasteiger partial charge in [-0.15, -0.1) is 0 Å². The van der Waals surface area contributed by atoms with Crippen LogP contribution in [0.5, 0.6) is 0 Å². The lowest BCUT2D eigenvalue weighted by atomic mass is 9.92. The van der Waals surface area contributed by atoms with Crippen molar-refractivity contribution in [2.24, 2.45) is 0 Å². The van der Waals surface area contributed by atoms with Crippen molar-refractivity contribution in [3.63, 3.8) is 0 Å². The number of rotatable bonds is 0. The van der Waals surface area contributed by atoms with Gasteiger partial charge in [-0.25, -0.2) is 0 Å². The highest BCUT2D eigenvalue weighted by Crippen LogP contribution is 2.19. The third kappa shape index (κ3) is 2.96. The molecule has 0 N–H and O–H groups in total. The minimum atomic E-state index is 1.12. The summed E-state index contributed by atoms with van der Waals surface area (Å²) < 4.78 is 0. The fraction of sp³-hybridized carbons (Fsp3) is 0.263. The van der Waals surface area contributed by atoms with Crippen molar-refractivity contribution in [1.82, 2.24) is 0 Å². The number of aryl methyl sites for hydroxylation is 2. The van der Waals surface area contributed by atoms with E-state index < -0.39 is 0 Å². The zero-order valence-electron chi connectivity index (χ0n) is 11.3. The van der Waals surface area contributed by atoms with Gasteiger partial charge in [-0.3, -0.25) is 0 Å². The highest BCUT2D eigenvalue weighted by Gasteiger charge is 2.06. The van der Waals surface area contributed by atoms with Crippen LogP contribution < -0.4 is 0 Å². The van der Waals surface area contributed by atoms with Gasteiger partial charge in [0.2, 0.25) is 0 Å². The molecule has 0 amide bonds. The van der Waals surface area contributed by atoms with Crippen LogP contribution in [0.25, 0.3) is 6.08 Å². The number of benzene rings is 2. The van der Waals surface area contributed by atoms with E-state index in [1.807, 2.05) is 0 Å². The second-order valence-corrected chi connectivity index (χ2v) is 5.28. The molecule has 96 valence electrons. The normalized spacial score (nSPS) is 15.2. The summed E-state index contributed by atoms with van der Waals surface area (Å²) in [7, 11) is 0. The van der Waals surface area contributed by atoms with Crippen molar-refractivity contribution in [2.45, 2.75) is 32.1 Å². The summed E-state index contributed by atoms with van der Waals surface area (Å²) >= 11 is 0. The van der Waals surface area contributed by atoms with Gasteiger partial charge in [-0.1, -0.05) is 60.7 Å². The fourth-order valence-electron chi connectivity index (χ4n) is 2.87. The molecule has 0 radical (unpaired) electrons. The van der Waals surface area contributed by atoms with Crippen LogP contribution >= 0.6 is 0 Å². The third-order valence-electron chi connectivity index (χ3n) is 3.95. The second-order valence-electron chi connectivity index (χ2n) is 5.28. The molecular formula is C19H20. The summed E-state index contributed by atoms with van der Waals surface area (Å²) in [5, 5.41) is 0. The number of hydrogen-bond acceptors (Lipinski definition) is 0. The van der Waals surface area contributed by atoms with Gasteiger partial charge in [-0.2, -0.15) is 0 Å². The second kappa shape index (κ2) is 5.88. The Bertz CT molecular complexity index is 553. The van der Waals surface area contributed by atoms with E-state index in [9.17, 15) is 0 Å². The molecule has 0 saturated heterocycles. The van der Waals surface area contributed by atoms with E-state index in [1.165, 1.54) is 36.8 Å². The Hall–Kier alpha value is -1.82. The lowest BCUT2D eigenvalue weighted by Gasteiger charge is -2.13. The van der Waals surface area contributed by atoms with Gasteiger partial charge in [-0.05, 0) is 54.4 Å². The molecule has 4 rings (SSSR count). The third-order valence-corrected chi connectivity index (χ3v) is 3.95. The number of allylic oxidation sites excluding steroid dienone is 1. The molecule has 2 aromatic rings. The SMILES string of the molecule is C1=Cc2ccccc2C1.c1ccc2c(c1)CCCC2. The van der Waals surface area contributed by atoms with E-state index in [-0.39, 0.29) is 0 Å². The lowest BCUT2D eigenvalue weighted by molar-refractivity contribution is 0.685. The molecule has 0 spiro atoms. The van der Waals surface area contributed by atoms with Gasteiger partial charge in [0.15, 0.2) is 0 Å². The van der Waals surface area contributed by atoms with Crippen LogP contribution in [-0.2, 0) is 19.3 Å². The maximum Gasteiger partial charge on any atom is -0.00882 e. The molecule has 0 bridgehead atoms. The number of fused-ring (bicyclic) bond motifs is 2. The van der Waals surface area contributed by atoms with Crippen LogP contribution in [0.1, 0.15) is 35.1 Å². The predicted molar refractivity (Wildman–Crippen MR) is 82.3 cm³/mol. The molecule has 0 unspecified atom stereocenters. The smallest absolute Gasteiger partial charge is 0.00882 e. The molecule has 2 aliphatic rings. The van der Waals surface area contributed by atoms with Crippen LogP contribution in [-0.4, -0.2) is 0 Å². The molecule has 0 saturated carbocycles. The minimum Gasteiger partial charge on any atom is -0.0795 e. The molecule has 2 aromatic carbocycles. The Morgan fingerprint density at radius 3 is 1.84 bits per heavy atom. The average Bonchev–Trinajstić information content (AvgIpc) is 2.96. The molecule has 2 aliphatic carbocycles. The summed E-state index contributed by atoms with van der Waals surface area (Å²) in [6.07, 6.45) is 10.9. The Morgan fingerprint density at radius 1 is 0.632 bits per heavy atom. The van der Waals surface area contributed by atoms with Crippen molar-refractivity contribution in [3.8, 4) is 0 Å². The summed E-state index contributed by atoms with van der Waals surface area (Å²) in [5.41, 5.74) is 6.00. The van der Waals surface area contributed by atoms with Gasteiger partial charge < -0.3 is 0 Å². The first-order valence-electron chi connectivity index (χ1n) is 7.25. The predicted octanol–water partition coefficient (Wildman–Crippen LogP) is 4.82. The van der Waals surface area contributed by atoms with Crippen molar-refractivity contribution in [1.29, 1.82) is 0 Å². The quantitative estimate of drug-likeness (QED) is 0.627. The Balaban J connectivity index is 0.000000117. The molecule has 0 aliphatic heterocycles. The van der Waals surface area contributed by atoms with Crippen LogP contribution in [0.2, 0.25) is 0 Å². The maximum atomic E-state index is 2.26. The van der Waals surface area contributed by atoms with E-state index in [1.54, 1.807) is 11.1 Å². The van der Waals surface area contributed by atoms with Crippen LogP contribution in [0.4, 0.5) is 0 Å². The average molecular weight is 248 g/mol. The van der Waals surface area contributed by atoms with Gasteiger partial charge in [0, 0.05) is 0 Å². The van der Waals surface area contributed by atoms with E-state index in [2.05, 4.69) is 60.7 Å². The summed E-state index contributed by atoms with van der Waals surface area (Å²) in [6, 6.07) is 17.3. The first-order valence-corrected chi connectivity index (χ1v) is 7.25. The lowest BCUT2D eigenvalue weighted by Crippen LogP contribution is -2.00. The molecule has 0 nitrogen and oxygen atoms in total. The van der Waals surface area contributed by atoms with Crippen molar-refractivity contribution in [3.05, 3.63) is 76.9 Å². The molecule has 0 aromatic heterocycles. The highest BCUT2D eigenvalue weighted by molar-refractivity contribution is 5.59. The van der Waals surface area contributed by atoms with Crippen molar-refractivity contribution in [2.75, 3.05) is 0 Å². The van der Waals surface area contributed by atoms with E-state index in [4.69, 9.17) is 0 Å². The summed E-state index contributed by atoms with van der Waals surface area (Å²) in [6.45, 7) is 0. The molecule has 19 heavy (non-hydrogen) atoms. The van der Waals surface area contributed by atoms with Gasteiger partial charge >= 0.3 is 0 Å². The Kier molecular flexibility index (Phi) is 3.78. The fourth-order valence-corrected chi connectivity index (χ4v) is 2.87. The zero-order chi connectivity index (χ0) is 12.9. The topological polar surface area (TPSA) is 0 Å². The first-order chi connectivity index (χ1) is 9.43. The standard InChI is InChI=1S/C10H12.C9H8/c1-2-6-10-8-4-3-7-9(10)5-1;1-2-5-9-7-3-6-8(9)4-1/h1-2,5-6H,3-4,7-8H2;1-6H,7H2. The van der Waals surface area contributed by atoms with E-state index >= 15 is 0 Å². The monoisotopic (exact) mass is 248 g/mol. The molecular weight excluding hydrogens is 228 g/mol. The highest BCUT2D eigenvalue weighted by atomic mass is 14.1.